The first-order chi connectivity index (χ1) is 14.8. The van der Waals surface area contributed by atoms with Crippen LogP contribution in [-0.4, -0.2) is 17.1 Å². The topological polar surface area (TPSA) is 83.4 Å². The third kappa shape index (κ3) is 3.27. The average Bonchev–Trinajstić information content (AvgIpc) is 3.51. The Kier molecular flexibility index (Phi) is 4.55. The lowest BCUT2D eigenvalue weighted by Gasteiger charge is -2.20. The molecule has 8 heteroatoms. The van der Waals surface area contributed by atoms with Crippen molar-refractivity contribution in [3.05, 3.63) is 63.4 Å². The zero-order valence-electron chi connectivity index (χ0n) is 16.7. The van der Waals surface area contributed by atoms with E-state index in [-0.39, 0.29) is 28.7 Å². The largest absolute Gasteiger partial charge is 0.545 e. The quantitative estimate of drug-likeness (QED) is 0.679. The molecule has 0 amide bonds. The van der Waals surface area contributed by atoms with Gasteiger partial charge >= 0.3 is 6.61 Å². The van der Waals surface area contributed by atoms with Crippen molar-refractivity contribution in [2.75, 3.05) is 0 Å². The molecule has 1 N–H and O–H groups in total. The fourth-order valence-electron chi connectivity index (χ4n) is 4.36. The third-order valence-electron chi connectivity index (χ3n) is 6.03. The number of pyridine rings is 1. The Morgan fingerprint density at radius 3 is 2.71 bits per heavy atom. The van der Waals surface area contributed by atoms with Gasteiger partial charge in [0, 0.05) is 30.4 Å². The maximum absolute atomic E-state index is 13.4. The molecule has 1 aliphatic heterocycles. The summed E-state index contributed by atoms with van der Waals surface area (Å²) in [5.74, 6) is -1.72. The van der Waals surface area contributed by atoms with E-state index in [0.717, 1.165) is 24.0 Å². The van der Waals surface area contributed by atoms with Crippen LogP contribution in [0.5, 0.6) is 5.75 Å². The highest BCUT2D eigenvalue weighted by Gasteiger charge is 2.29. The molecule has 2 aromatic carbocycles. The number of nitrogens with one attached hydrogen (secondary N) is 1. The molecule has 6 nitrogen and oxygen atoms in total. The molecular formula is C23H19F2N2O4-. The molecule has 0 saturated heterocycles. The first kappa shape index (κ1) is 19.7. The predicted molar refractivity (Wildman–Crippen MR) is 108 cm³/mol. The number of ether oxygens (including phenoxy) is 1. The van der Waals surface area contributed by atoms with Crippen LogP contribution >= 0.6 is 0 Å². The Balaban J connectivity index is 1.80. The minimum Gasteiger partial charge on any atom is -0.545 e. The minimum atomic E-state index is -3.11. The van der Waals surface area contributed by atoms with E-state index in [1.54, 1.807) is 4.57 Å². The van der Waals surface area contributed by atoms with Crippen LogP contribution in [0.25, 0.3) is 22.0 Å². The van der Waals surface area contributed by atoms with Crippen molar-refractivity contribution < 1.29 is 23.4 Å². The van der Waals surface area contributed by atoms with Crippen LogP contribution in [-0.2, 0) is 6.54 Å². The van der Waals surface area contributed by atoms with E-state index in [1.807, 2.05) is 18.2 Å². The van der Waals surface area contributed by atoms with Crippen LogP contribution < -0.4 is 20.6 Å². The first-order valence-electron chi connectivity index (χ1n) is 10.1. The molecule has 0 bridgehead atoms. The van der Waals surface area contributed by atoms with Gasteiger partial charge in [-0.15, -0.1) is 0 Å². The van der Waals surface area contributed by atoms with Gasteiger partial charge in [0.25, 0.3) is 0 Å². The van der Waals surface area contributed by atoms with Crippen LogP contribution in [0.15, 0.2) is 41.3 Å². The number of alkyl halides is 2. The van der Waals surface area contributed by atoms with Crippen LogP contribution in [0, 0.1) is 0 Å². The number of carbonyl (C=O) groups is 1. The van der Waals surface area contributed by atoms with Crippen LogP contribution in [0.3, 0.4) is 0 Å². The fourth-order valence-corrected chi connectivity index (χ4v) is 4.36. The van der Waals surface area contributed by atoms with Crippen molar-refractivity contribution in [3.8, 4) is 16.9 Å². The van der Waals surface area contributed by atoms with Gasteiger partial charge in [-0.25, -0.2) is 0 Å². The van der Waals surface area contributed by atoms with Gasteiger partial charge in [0.2, 0.25) is 0 Å². The summed E-state index contributed by atoms with van der Waals surface area (Å²) in [5, 5.41) is 14.8. The maximum atomic E-state index is 13.4. The summed E-state index contributed by atoms with van der Waals surface area (Å²) < 4.78 is 33.4. The first-order valence-corrected chi connectivity index (χ1v) is 10.1. The molecule has 160 valence electrons. The lowest BCUT2D eigenvalue weighted by Crippen LogP contribution is -2.30. The number of nitrogens with zero attached hydrogens (tertiary/aromatic N) is 1. The molecule has 0 spiro atoms. The average molecular weight is 425 g/mol. The number of carboxylic acids is 1. The zero-order chi connectivity index (χ0) is 21.9. The Hall–Kier alpha value is -3.26. The van der Waals surface area contributed by atoms with Gasteiger partial charge in [-0.05, 0) is 54.7 Å². The summed E-state index contributed by atoms with van der Waals surface area (Å²) in [6.45, 7) is -0.384. The molecule has 1 saturated carbocycles. The van der Waals surface area contributed by atoms with Gasteiger partial charge in [0.1, 0.15) is 0 Å². The molecule has 1 fully saturated rings. The lowest BCUT2D eigenvalue weighted by molar-refractivity contribution is -0.255. The molecular weight excluding hydrogens is 406 g/mol. The Morgan fingerprint density at radius 2 is 2.03 bits per heavy atom. The number of aromatic nitrogens is 1. The monoisotopic (exact) mass is 425 g/mol. The van der Waals surface area contributed by atoms with E-state index >= 15 is 0 Å². The van der Waals surface area contributed by atoms with Crippen molar-refractivity contribution in [2.24, 2.45) is 0 Å². The SMILES string of the molecule is CC1NCc2cc(-c3ccc4c(=O)c(C(=O)[O-])cn(C5CC5)c4c3OC(F)F)ccc21. The summed E-state index contributed by atoms with van der Waals surface area (Å²) >= 11 is 0. The van der Waals surface area contributed by atoms with E-state index in [4.69, 9.17) is 4.74 Å². The minimum absolute atomic E-state index is 0.0180. The molecule has 5 rings (SSSR count). The summed E-state index contributed by atoms with van der Waals surface area (Å²) in [5.41, 5.74) is 2.24. The zero-order valence-corrected chi connectivity index (χ0v) is 16.7. The number of fused-ring (bicyclic) bond motifs is 2. The molecule has 1 unspecified atom stereocenters. The summed E-state index contributed by atoms with van der Waals surface area (Å²) in [6, 6.07) is 8.87. The van der Waals surface area contributed by atoms with Crippen molar-refractivity contribution in [1.82, 2.24) is 9.88 Å². The summed E-state index contributed by atoms with van der Waals surface area (Å²) in [6.07, 6.45) is 2.70. The van der Waals surface area contributed by atoms with E-state index < -0.39 is 23.6 Å². The van der Waals surface area contributed by atoms with Crippen molar-refractivity contribution in [2.45, 2.75) is 45.0 Å². The molecule has 3 aromatic rings. The van der Waals surface area contributed by atoms with Gasteiger partial charge in [0.15, 0.2) is 11.2 Å². The normalized spacial score (nSPS) is 17.9. The fraction of sp³-hybridized carbons (Fsp3) is 0.304. The van der Waals surface area contributed by atoms with Crippen molar-refractivity contribution >= 4 is 16.9 Å². The molecule has 1 aromatic heterocycles. The number of carbonyl (C=O) groups excluding carboxylic acids is 1. The van der Waals surface area contributed by atoms with Crippen LogP contribution in [0.2, 0.25) is 0 Å². The van der Waals surface area contributed by atoms with Gasteiger partial charge in [0.05, 0.1) is 22.4 Å². The molecule has 1 atom stereocenters. The van der Waals surface area contributed by atoms with Crippen molar-refractivity contribution in [1.29, 1.82) is 0 Å². The standard InChI is InChI=1S/C23H20F2N2O4/c1-11-15-5-2-12(8-13(15)9-26-11)16-6-7-17-19(21(16)31-23(24)25)27(14-3-4-14)10-18(20(17)28)22(29)30/h2,5-8,10-11,14,23,26H,3-4,9H2,1H3,(H,29,30)/p-1. The summed E-state index contributed by atoms with van der Waals surface area (Å²) in [7, 11) is 0. The Morgan fingerprint density at radius 1 is 1.26 bits per heavy atom. The Labute approximate surface area is 176 Å². The number of halogens is 2. The second-order valence-corrected chi connectivity index (χ2v) is 8.03. The second-order valence-electron chi connectivity index (χ2n) is 8.03. The number of benzene rings is 2. The molecule has 1 aliphatic carbocycles. The predicted octanol–water partition coefficient (Wildman–Crippen LogP) is 3.13. The number of hydrogen-bond acceptors (Lipinski definition) is 5. The van der Waals surface area contributed by atoms with Gasteiger partial charge in [-0.2, -0.15) is 8.78 Å². The molecule has 2 aliphatic rings. The Bertz CT molecular complexity index is 1280. The van der Waals surface area contributed by atoms with E-state index in [9.17, 15) is 23.5 Å². The van der Waals surface area contributed by atoms with Crippen LogP contribution in [0.4, 0.5) is 8.78 Å². The highest BCUT2D eigenvalue weighted by atomic mass is 19.3. The third-order valence-corrected chi connectivity index (χ3v) is 6.03. The highest BCUT2D eigenvalue weighted by Crippen LogP contribution is 2.43. The van der Waals surface area contributed by atoms with Gasteiger partial charge in [-0.3, -0.25) is 4.79 Å². The molecule has 31 heavy (non-hydrogen) atoms. The number of aromatic carboxylic acids is 1. The molecule has 2 heterocycles. The second kappa shape index (κ2) is 7.16. The lowest BCUT2D eigenvalue weighted by atomic mass is 9.96. The van der Waals surface area contributed by atoms with E-state index in [2.05, 4.69) is 12.2 Å². The highest BCUT2D eigenvalue weighted by molar-refractivity contribution is 5.97. The smallest absolute Gasteiger partial charge is 0.387 e. The van der Waals surface area contributed by atoms with E-state index in [1.165, 1.54) is 18.3 Å². The van der Waals surface area contributed by atoms with Gasteiger partial charge in [-0.1, -0.05) is 12.1 Å². The number of rotatable bonds is 5. The number of hydrogen-bond donors (Lipinski definition) is 1. The maximum Gasteiger partial charge on any atom is 0.387 e. The van der Waals surface area contributed by atoms with E-state index in [0.29, 0.717) is 17.7 Å². The van der Waals surface area contributed by atoms with Crippen molar-refractivity contribution in [3.63, 3.8) is 0 Å². The van der Waals surface area contributed by atoms with Gasteiger partial charge < -0.3 is 24.5 Å². The molecule has 0 radical (unpaired) electrons. The summed E-state index contributed by atoms with van der Waals surface area (Å²) in [4.78, 5) is 24.2. The van der Waals surface area contributed by atoms with Crippen LogP contribution in [0.1, 0.15) is 53.3 Å². The number of carboxylic acid groups (broad SMARTS) is 1.